The van der Waals surface area contributed by atoms with Crippen molar-refractivity contribution < 1.29 is 26.4 Å². The summed E-state index contributed by atoms with van der Waals surface area (Å²) in [5.41, 5.74) is 2.52. The van der Waals surface area contributed by atoms with Crippen LogP contribution in [0.3, 0.4) is 0 Å². The van der Waals surface area contributed by atoms with Gasteiger partial charge in [-0.25, -0.2) is 8.42 Å². The second-order valence-corrected chi connectivity index (χ2v) is 11.8. The maximum Gasteiger partial charge on any atom is 0.407 e. The van der Waals surface area contributed by atoms with Gasteiger partial charge in [0.2, 0.25) is 5.91 Å². The molecular formula is C32H40F3N3O3S. The number of nitriles is 1. The molecular weight excluding hydrogens is 563 g/mol. The third-order valence-corrected chi connectivity index (χ3v) is 6.99. The van der Waals surface area contributed by atoms with Crippen molar-refractivity contribution in [2.24, 2.45) is 5.92 Å². The molecule has 10 heteroatoms. The van der Waals surface area contributed by atoms with Gasteiger partial charge in [0, 0.05) is 6.26 Å². The zero-order valence-corrected chi connectivity index (χ0v) is 25.7. The summed E-state index contributed by atoms with van der Waals surface area (Å²) in [5, 5.41) is 13.4. The standard InChI is InChI=1S/C23H26F3N3O3S.C7H8.C2H6/c1-15(2)14-20(22(30)28-13-12-27)29-21(23(24,25)26)18-6-4-16(5-7-18)17-8-10-19(11-9-17)33(3,31)32;1-7-5-3-2-4-6-7;1-2/h4-11,15,20-21,29H,13-14H2,1-3H3,(H,28,30);2-6H,1H3;1-2H3/t20-,21?;;/m0../s1. The van der Waals surface area contributed by atoms with Gasteiger partial charge in [-0.1, -0.05) is 100.0 Å². The summed E-state index contributed by atoms with van der Waals surface area (Å²) >= 11 is 0. The van der Waals surface area contributed by atoms with E-state index in [2.05, 4.69) is 29.7 Å². The molecule has 0 aliphatic carbocycles. The number of nitrogens with one attached hydrogen (secondary N) is 2. The van der Waals surface area contributed by atoms with Crippen molar-refractivity contribution in [1.82, 2.24) is 10.6 Å². The number of hydrogen-bond donors (Lipinski definition) is 2. The lowest BCUT2D eigenvalue weighted by molar-refractivity contribution is -0.161. The van der Waals surface area contributed by atoms with Gasteiger partial charge < -0.3 is 5.32 Å². The lowest BCUT2D eigenvalue weighted by atomic mass is 9.97. The number of benzene rings is 3. The second-order valence-electron chi connectivity index (χ2n) is 9.77. The van der Waals surface area contributed by atoms with Gasteiger partial charge in [0.1, 0.15) is 12.6 Å². The minimum absolute atomic E-state index is 0.0542. The first-order valence-corrected chi connectivity index (χ1v) is 15.5. The Hall–Kier alpha value is -3.68. The minimum Gasteiger partial charge on any atom is -0.342 e. The van der Waals surface area contributed by atoms with Crippen molar-refractivity contribution in [3.8, 4) is 17.2 Å². The first-order chi connectivity index (χ1) is 19.7. The summed E-state index contributed by atoms with van der Waals surface area (Å²) in [6.07, 6.45) is -3.41. The summed E-state index contributed by atoms with van der Waals surface area (Å²) < 4.78 is 64.9. The van der Waals surface area contributed by atoms with Gasteiger partial charge in [-0.15, -0.1) is 0 Å². The SMILES string of the molecule is CC.CC(C)C[C@H](NC(c1ccc(-c2ccc(S(C)(=O)=O)cc2)cc1)C(F)(F)F)C(=O)NCC#N.Cc1ccccc1. The molecule has 0 saturated heterocycles. The van der Waals surface area contributed by atoms with Gasteiger partial charge in [-0.05, 0) is 48.1 Å². The smallest absolute Gasteiger partial charge is 0.342 e. The van der Waals surface area contributed by atoms with Crippen LogP contribution in [0.5, 0.6) is 0 Å². The van der Waals surface area contributed by atoms with Gasteiger partial charge in [0.25, 0.3) is 0 Å². The van der Waals surface area contributed by atoms with Gasteiger partial charge in [-0.2, -0.15) is 18.4 Å². The van der Waals surface area contributed by atoms with Crippen LogP contribution in [0.1, 0.15) is 51.3 Å². The first-order valence-electron chi connectivity index (χ1n) is 13.6. The molecule has 0 saturated carbocycles. The van der Waals surface area contributed by atoms with E-state index in [4.69, 9.17) is 5.26 Å². The molecule has 0 aromatic heterocycles. The summed E-state index contributed by atoms with van der Waals surface area (Å²) in [4.78, 5) is 12.5. The van der Waals surface area contributed by atoms with Gasteiger partial charge in [0.05, 0.1) is 17.0 Å². The van der Waals surface area contributed by atoms with Crippen molar-refractivity contribution in [2.45, 2.75) is 64.2 Å². The van der Waals surface area contributed by atoms with E-state index in [1.165, 1.54) is 42.0 Å². The number of halogens is 3. The van der Waals surface area contributed by atoms with Crippen LogP contribution in [0, 0.1) is 24.2 Å². The van der Waals surface area contributed by atoms with E-state index < -0.39 is 34.0 Å². The zero-order chi connectivity index (χ0) is 31.9. The highest BCUT2D eigenvalue weighted by Crippen LogP contribution is 2.34. The van der Waals surface area contributed by atoms with Crippen molar-refractivity contribution in [1.29, 1.82) is 5.26 Å². The van der Waals surface area contributed by atoms with E-state index in [9.17, 15) is 26.4 Å². The zero-order valence-electron chi connectivity index (χ0n) is 24.9. The fourth-order valence-corrected chi connectivity index (χ4v) is 4.48. The number of carbonyl (C=O) groups is 1. The van der Waals surface area contributed by atoms with Crippen LogP contribution < -0.4 is 10.6 Å². The summed E-state index contributed by atoms with van der Waals surface area (Å²) in [6, 6.07) is 20.5. The average molecular weight is 604 g/mol. The van der Waals surface area contributed by atoms with E-state index in [-0.39, 0.29) is 29.3 Å². The lowest BCUT2D eigenvalue weighted by Gasteiger charge is -2.28. The molecule has 0 heterocycles. The van der Waals surface area contributed by atoms with Crippen LogP contribution in [0.4, 0.5) is 13.2 Å². The summed E-state index contributed by atoms with van der Waals surface area (Å²) in [7, 11) is -3.35. The number of alkyl halides is 3. The summed E-state index contributed by atoms with van der Waals surface area (Å²) in [6.45, 7) is 9.37. The Morgan fingerprint density at radius 3 is 1.79 bits per heavy atom. The van der Waals surface area contributed by atoms with E-state index in [0.29, 0.717) is 11.1 Å². The van der Waals surface area contributed by atoms with Gasteiger partial charge >= 0.3 is 6.18 Å². The highest BCUT2D eigenvalue weighted by molar-refractivity contribution is 7.90. The number of aryl methyl sites for hydroxylation is 1. The predicted molar refractivity (Wildman–Crippen MR) is 161 cm³/mol. The predicted octanol–water partition coefficient (Wildman–Crippen LogP) is 7.03. The Morgan fingerprint density at radius 1 is 0.905 bits per heavy atom. The number of carbonyl (C=O) groups excluding carboxylic acids is 1. The number of sulfone groups is 1. The Bertz CT molecular complexity index is 1370. The Balaban J connectivity index is 0.000000841. The van der Waals surface area contributed by atoms with Crippen LogP contribution in [0.25, 0.3) is 11.1 Å². The monoisotopic (exact) mass is 603 g/mol. The number of hydrogen-bond acceptors (Lipinski definition) is 5. The van der Waals surface area contributed by atoms with E-state index in [0.717, 1.165) is 6.26 Å². The van der Waals surface area contributed by atoms with E-state index >= 15 is 0 Å². The number of nitrogens with zero attached hydrogens (tertiary/aromatic N) is 1. The molecule has 0 spiro atoms. The molecule has 1 amide bonds. The van der Waals surface area contributed by atoms with Gasteiger partial charge in [0.15, 0.2) is 9.84 Å². The van der Waals surface area contributed by atoms with Crippen molar-refractivity contribution >= 4 is 15.7 Å². The molecule has 0 aliphatic rings. The molecule has 228 valence electrons. The molecule has 6 nitrogen and oxygen atoms in total. The first kappa shape index (κ1) is 36.3. The minimum atomic E-state index is -4.66. The van der Waals surface area contributed by atoms with Crippen LogP contribution in [0.2, 0.25) is 0 Å². The highest BCUT2D eigenvalue weighted by Gasteiger charge is 2.42. The van der Waals surface area contributed by atoms with Crippen molar-refractivity contribution in [2.75, 3.05) is 12.8 Å². The van der Waals surface area contributed by atoms with Crippen molar-refractivity contribution in [3.63, 3.8) is 0 Å². The molecule has 42 heavy (non-hydrogen) atoms. The van der Waals surface area contributed by atoms with E-state index in [1.807, 2.05) is 32.0 Å². The second kappa shape index (κ2) is 17.3. The molecule has 1 unspecified atom stereocenters. The molecule has 3 aromatic rings. The lowest BCUT2D eigenvalue weighted by Crippen LogP contribution is -2.49. The quantitative estimate of drug-likeness (QED) is 0.256. The molecule has 2 N–H and O–H groups in total. The Morgan fingerprint density at radius 2 is 1.40 bits per heavy atom. The topological polar surface area (TPSA) is 99.1 Å². The Kier molecular flexibility index (Phi) is 15.0. The number of rotatable bonds is 9. The molecule has 3 rings (SSSR count). The number of amides is 1. The summed E-state index contributed by atoms with van der Waals surface area (Å²) in [5.74, 6) is -0.719. The third kappa shape index (κ3) is 12.5. The fraction of sp³-hybridized carbons (Fsp3) is 0.375. The molecule has 0 aliphatic heterocycles. The maximum absolute atomic E-state index is 13.9. The normalized spacial score (nSPS) is 12.5. The molecule has 0 bridgehead atoms. The third-order valence-electron chi connectivity index (χ3n) is 5.86. The van der Waals surface area contributed by atoms with Crippen molar-refractivity contribution in [3.05, 3.63) is 90.0 Å². The van der Waals surface area contributed by atoms with Crippen LogP contribution in [0.15, 0.2) is 83.8 Å². The van der Waals surface area contributed by atoms with Crippen LogP contribution in [-0.4, -0.2) is 39.3 Å². The maximum atomic E-state index is 13.9. The van der Waals surface area contributed by atoms with E-state index in [1.54, 1.807) is 32.0 Å². The molecule has 3 aromatic carbocycles. The largest absolute Gasteiger partial charge is 0.407 e. The van der Waals surface area contributed by atoms with Crippen LogP contribution >= 0.6 is 0 Å². The highest BCUT2D eigenvalue weighted by atomic mass is 32.2. The molecule has 2 atom stereocenters. The fourth-order valence-electron chi connectivity index (χ4n) is 3.85. The van der Waals surface area contributed by atoms with Crippen LogP contribution in [-0.2, 0) is 14.6 Å². The van der Waals surface area contributed by atoms with Gasteiger partial charge in [-0.3, -0.25) is 10.1 Å². The molecule has 0 radical (unpaired) electrons. The average Bonchev–Trinajstić information content (AvgIpc) is 2.94. The Labute approximate surface area is 247 Å². The molecule has 0 fully saturated rings.